The van der Waals surface area contributed by atoms with Crippen molar-refractivity contribution in [3.05, 3.63) is 53.3 Å². The van der Waals surface area contributed by atoms with E-state index in [1.54, 1.807) is 4.90 Å². The molecule has 0 saturated carbocycles. The topological polar surface area (TPSA) is 60.9 Å². The number of aromatic nitrogens is 1. The van der Waals surface area contributed by atoms with Gasteiger partial charge in [-0.3, -0.25) is 9.78 Å². The first-order valence-electron chi connectivity index (χ1n) is 11.3. The molecular formula is C24H24F6N2O4. The molecule has 1 aromatic heterocycles. The van der Waals surface area contributed by atoms with Crippen LogP contribution in [0.5, 0.6) is 11.5 Å². The number of benzene rings is 1. The van der Waals surface area contributed by atoms with Crippen LogP contribution in [0.3, 0.4) is 0 Å². The minimum Gasteiger partial charge on any atom is -0.493 e. The molecule has 3 heterocycles. The number of hydrogen-bond acceptors (Lipinski definition) is 5. The Kier molecular flexibility index (Phi) is 7.09. The number of pyridine rings is 1. The summed E-state index contributed by atoms with van der Waals surface area (Å²) < 4.78 is 93.1. The molecule has 4 rings (SSSR count). The molecule has 1 aromatic carbocycles. The van der Waals surface area contributed by atoms with Gasteiger partial charge in [-0.1, -0.05) is 0 Å². The molecule has 2 saturated heterocycles. The van der Waals surface area contributed by atoms with Crippen molar-refractivity contribution in [2.45, 2.75) is 43.1 Å². The largest absolute Gasteiger partial charge is 0.493 e. The molecule has 0 bridgehead atoms. The highest BCUT2D eigenvalue weighted by Crippen LogP contribution is 2.45. The molecule has 0 aliphatic carbocycles. The Bertz CT molecular complexity index is 1110. The van der Waals surface area contributed by atoms with Crippen molar-refractivity contribution in [1.82, 2.24) is 9.88 Å². The Labute approximate surface area is 203 Å². The van der Waals surface area contributed by atoms with E-state index in [4.69, 9.17) is 14.2 Å². The fraction of sp³-hybridized carbons (Fsp3) is 0.500. The van der Waals surface area contributed by atoms with E-state index in [2.05, 4.69) is 4.98 Å². The van der Waals surface area contributed by atoms with Crippen LogP contribution in [-0.4, -0.2) is 61.5 Å². The molecule has 2 aromatic rings. The summed E-state index contributed by atoms with van der Waals surface area (Å²) in [6.07, 6.45) is -8.52. The van der Waals surface area contributed by atoms with Crippen LogP contribution in [0, 0.1) is 0 Å². The second-order valence-corrected chi connectivity index (χ2v) is 8.77. The van der Waals surface area contributed by atoms with E-state index >= 15 is 0 Å². The SMILES string of the molecule is COc1cc(C(=O)N2CCC3(c4cc(C(F)(F)F)ccn4)CCOC3C2)ccc1OCCC(F)(F)F. The first kappa shape index (κ1) is 26.1. The zero-order chi connectivity index (χ0) is 26.1. The highest BCUT2D eigenvalue weighted by molar-refractivity contribution is 5.95. The third kappa shape index (κ3) is 5.37. The maximum absolute atomic E-state index is 13.3. The van der Waals surface area contributed by atoms with Crippen molar-refractivity contribution in [3.63, 3.8) is 0 Å². The lowest BCUT2D eigenvalue weighted by Gasteiger charge is -2.42. The van der Waals surface area contributed by atoms with Gasteiger partial charge in [-0.05, 0) is 43.2 Å². The molecule has 2 aliphatic heterocycles. The van der Waals surface area contributed by atoms with Gasteiger partial charge in [0.2, 0.25) is 0 Å². The standard InChI is InChI=1S/C24H24F6N2O4/c1-34-18-12-15(2-3-17(18)35-11-7-23(25,26)27)21(33)32-9-5-22(6-10-36-20(22)14-32)19-13-16(4-8-31-19)24(28,29)30/h2-4,8,12-13,20H,5-7,9-11,14H2,1H3. The minimum atomic E-state index is -4.50. The van der Waals surface area contributed by atoms with E-state index in [-0.39, 0.29) is 36.1 Å². The number of amides is 1. The van der Waals surface area contributed by atoms with E-state index in [1.807, 2.05) is 0 Å². The highest BCUT2D eigenvalue weighted by Gasteiger charge is 2.51. The van der Waals surface area contributed by atoms with Crippen molar-refractivity contribution in [3.8, 4) is 11.5 Å². The number of likely N-dealkylation sites (tertiary alicyclic amines) is 1. The van der Waals surface area contributed by atoms with Crippen LogP contribution in [0.15, 0.2) is 36.5 Å². The lowest BCUT2D eigenvalue weighted by atomic mass is 9.72. The second-order valence-electron chi connectivity index (χ2n) is 8.77. The van der Waals surface area contributed by atoms with E-state index in [1.165, 1.54) is 25.3 Å². The van der Waals surface area contributed by atoms with Gasteiger partial charge in [0.15, 0.2) is 11.5 Å². The van der Waals surface area contributed by atoms with E-state index in [9.17, 15) is 31.1 Å². The molecule has 0 radical (unpaired) electrons. The van der Waals surface area contributed by atoms with Crippen molar-refractivity contribution in [2.24, 2.45) is 0 Å². The maximum atomic E-state index is 13.3. The number of fused-ring (bicyclic) bond motifs is 1. The van der Waals surface area contributed by atoms with Crippen LogP contribution in [0.2, 0.25) is 0 Å². The Balaban J connectivity index is 1.49. The van der Waals surface area contributed by atoms with E-state index in [0.717, 1.165) is 18.3 Å². The molecule has 2 aliphatic rings. The Morgan fingerprint density at radius 3 is 2.61 bits per heavy atom. The summed E-state index contributed by atoms with van der Waals surface area (Å²) in [6, 6.07) is 6.17. The van der Waals surface area contributed by atoms with Gasteiger partial charge in [-0.25, -0.2) is 0 Å². The molecule has 196 valence electrons. The van der Waals surface area contributed by atoms with Crippen LogP contribution in [0.25, 0.3) is 0 Å². The first-order valence-corrected chi connectivity index (χ1v) is 11.3. The normalized spacial score (nSPS) is 22.3. The van der Waals surface area contributed by atoms with Gasteiger partial charge in [0.1, 0.15) is 0 Å². The van der Waals surface area contributed by atoms with Crippen molar-refractivity contribution < 1.29 is 45.3 Å². The number of methoxy groups -OCH3 is 1. The fourth-order valence-corrected chi connectivity index (χ4v) is 4.71. The molecule has 1 amide bonds. The summed E-state index contributed by atoms with van der Waals surface area (Å²) in [5.41, 5.74) is -0.978. The number of rotatable bonds is 6. The zero-order valence-corrected chi connectivity index (χ0v) is 19.3. The van der Waals surface area contributed by atoms with E-state index in [0.29, 0.717) is 25.1 Å². The number of alkyl halides is 6. The molecule has 2 fully saturated rings. The lowest BCUT2D eigenvalue weighted by Crippen LogP contribution is -2.53. The molecule has 12 heteroatoms. The summed E-state index contributed by atoms with van der Waals surface area (Å²) in [7, 11) is 1.31. The van der Waals surface area contributed by atoms with E-state index < -0.39 is 42.5 Å². The van der Waals surface area contributed by atoms with Crippen LogP contribution in [0.1, 0.15) is 40.9 Å². The molecule has 0 N–H and O–H groups in total. The summed E-state index contributed by atoms with van der Waals surface area (Å²) in [4.78, 5) is 19.0. The second kappa shape index (κ2) is 9.79. The molecule has 0 spiro atoms. The third-order valence-electron chi connectivity index (χ3n) is 6.64. The average Bonchev–Trinajstić information content (AvgIpc) is 3.27. The van der Waals surface area contributed by atoms with Crippen molar-refractivity contribution in [1.29, 1.82) is 0 Å². The number of nitrogens with zero attached hydrogens (tertiary/aromatic N) is 2. The number of carbonyl (C=O) groups excluding carboxylic acids is 1. The predicted molar refractivity (Wildman–Crippen MR) is 115 cm³/mol. The van der Waals surface area contributed by atoms with Crippen LogP contribution in [0.4, 0.5) is 26.3 Å². The molecule has 6 nitrogen and oxygen atoms in total. The molecular weight excluding hydrogens is 494 g/mol. The van der Waals surface area contributed by atoms with Crippen molar-refractivity contribution in [2.75, 3.05) is 33.4 Å². The quantitative estimate of drug-likeness (QED) is 0.503. The highest BCUT2D eigenvalue weighted by atomic mass is 19.4. The minimum absolute atomic E-state index is 0.0747. The van der Waals surface area contributed by atoms with Gasteiger partial charge < -0.3 is 19.1 Å². The first-order chi connectivity index (χ1) is 16.9. The van der Waals surface area contributed by atoms with Crippen LogP contribution < -0.4 is 9.47 Å². The number of carbonyl (C=O) groups is 1. The predicted octanol–water partition coefficient (Wildman–Crippen LogP) is 5.01. The third-order valence-corrected chi connectivity index (χ3v) is 6.64. The summed E-state index contributed by atoms with van der Waals surface area (Å²) in [5, 5.41) is 0. The Morgan fingerprint density at radius 2 is 1.92 bits per heavy atom. The van der Waals surface area contributed by atoms with Gasteiger partial charge in [0.05, 0.1) is 31.8 Å². The monoisotopic (exact) mass is 518 g/mol. The summed E-state index contributed by atoms with van der Waals surface area (Å²) >= 11 is 0. The Hall–Kier alpha value is -3.02. The van der Waals surface area contributed by atoms with Crippen LogP contribution in [-0.2, 0) is 16.3 Å². The maximum Gasteiger partial charge on any atom is 0.416 e. The number of piperidine rings is 1. The van der Waals surface area contributed by atoms with Crippen molar-refractivity contribution >= 4 is 5.91 Å². The smallest absolute Gasteiger partial charge is 0.416 e. The molecule has 2 unspecified atom stereocenters. The lowest BCUT2D eigenvalue weighted by molar-refractivity contribution is -0.140. The van der Waals surface area contributed by atoms with Gasteiger partial charge >= 0.3 is 12.4 Å². The average molecular weight is 518 g/mol. The Morgan fingerprint density at radius 1 is 1.14 bits per heavy atom. The van der Waals surface area contributed by atoms with Crippen LogP contribution >= 0.6 is 0 Å². The van der Waals surface area contributed by atoms with Gasteiger partial charge in [-0.15, -0.1) is 0 Å². The fourth-order valence-electron chi connectivity index (χ4n) is 4.71. The summed E-state index contributed by atoms with van der Waals surface area (Å²) in [6.45, 7) is 0.165. The van der Waals surface area contributed by atoms with Gasteiger partial charge in [0, 0.05) is 42.6 Å². The van der Waals surface area contributed by atoms with Gasteiger partial charge in [-0.2, -0.15) is 26.3 Å². The molecule has 2 atom stereocenters. The molecule has 36 heavy (non-hydrogen) atoms. The number of halogens is 6. The zero-order valence-electron chi connectivity index (χ0n) is 19.3. The summed E-state index contributed by atoms with van der Waals surface area (Å²) in [5.74, 6) is -0.179. The number of hydrogen-bond donors (Lipinski definition) is 0. The van der Waals surface area contributed by atoms with Gasteiger partial charge in [0.25, 0.3) is 5.91 Å². The number of ether oxygens (including phenoxy) is 3.